The van der Waals surface area contributed by atoms with Crippen molar-refractivity contribution in [2.75, 3.05) is 0 Å². The first-order valence-corrected chi connectivity index (χ1v) is 16.6. The fourth-order valence-corrected chi connectivity index (χ4v) is 7.89. The summed E-state index contributed by atoms with van der Waals surface area (Å²) in [7, 11) is 0. The van der Waals surface area contributed by atoms with Gasteiger partial charge in [-0.15, -0.1) is 0 Å². The number of nitrogens with zero attached hydrogens (tertiary/aromatic N) is 5. The van der Waals surface area contributed by atoms with Crippen LogP contribution in [0.2, 0.25) is 0 Å². The van der Waals surface area contributed by atoms with Crippen molar-refractivity contribution < 1.29 is 0 Å². The van der Waals surface area contributed by atoms with E-state index in [2.05, 4.69) is 106 Å². The maximum absolute atomic E-state index is 10.8. The molecule has 1 atom stereocenters. The van der Waals surface area contributed by atoms with Crippen molar-refractivity contribution in [3.05, 3.63) is 173 Å². The predicted molar refractivity (Wildman–Crippen MR) is 200 cm³/mol. The van der Waals surface area contributed by atoms with Gasteiger partial charge < -0.3 is 9.13 Å². The van der Waals surface area contributed by atoms with Crippen molar-refractivity contribution in [1.82, 2.24) is 9.13 Å². The Labute approximate surface area is 288 Å². The molecule has 0 amide bonds. The molecule has 0 spiro atoms. The lowest BCUT2D eigenvalue weighted by molar-refractivity contribution is 0.860. The molecule has 1 unspecified atom stereocenters. The fraction of sp³-hybridized carbons (Fsp3) is 0.0444. The third-order valence-corrected chi connectivity index (χ3v) is 10.0. The molecule has 0 N–H and O–H groups in total. The van der Waals surface area contributed by atoms with Gasteiger partial charge in [0.05, 0.1) is 62.3 Å². The Bertz CT molecular complexity index is 2840. The maximum Gasteiger partial charge on any atom is 0.102 e. The van der Waals surface area contributed by atoms with E-state index < -0.39 is 0 Å². The molecule has 0 saturated carbocycles. The molecule has 232 valence electrons. The van der Waals surface area contributed by atoms with Gasteiger partial charge in [0.25, 0.3) is 0 Å². The average molecular weight is 638 g/mol. The van der Waals surface area contributed by atoms with Gasteiger partial charge in [0.1, 0.15) is 6.07 Å². The molecule has 0 aliphatic heterocycles. The van der Waals surface area contributed by atoms with Crippen LogP contribution in [0.4, 0.5) is 0 Å². The van der Waals surface area contributed by atoms with Gasteiger partial charge in [0, 0.05) is 33.0 Å². The molecular formula is C45H27N5. The van der Waals surface area contributed by atoms with Crippen LogP contribution in [0.3, 0.4) is 0 Å². The van der Waals surface area contributed by atoms with Crippen molar-refractivity contribution >= 4 is 49.2 Å². The zero-order valence-corrected chi connectivity index (χ0v) is 26.9. The van der Waals surface area contributed by atoms with Crippen LogP contribution in [-0.4, -0.2) is 9.13 Å². The highest BCUT2D eigenvalue weighted by molar-refractivity contribution is 6.11. The van der Waals surface area contributed by atoms with E-state index in [1.54, 1.807) is 0 Å². The Hall–Kier alpha value is -7.13. The van der Waals surface area contributed by atoms with E-state index in [-0.39, 0.29) is 5.92 Å². The van der Waals surface area contributed by atoms with E-state index >= 15 is 0 Å². The minimum Gasteiger partial charge on any atom is -0.309 e. The Balaban J connectivity index is 1.20. The highest BCUT2D eigenvalue weighted by Crippen LogP contribution is 2.42. The number of nitriles is 3. The van der Waals surface area contributed by atoms with Crippen LogP contribution in [0.1, 0.15) is 40.2 Å². The standard InChI is InChI=1S/C45H27N5/c46-26-29-22-23-43-37(24-29)36-15-3-6-19-41(36)50(43)44-21-8-12-32(27-47)45(44)31-11-7-10-30(25-31)33-16-9-20-42(38(33)28-48)49-39-17-4-1-13-34(39)35-14-2-5-18-40(35)49/h1-24,30H,25H2. The molecule has 0 fully saturated rings. The molecule has 50 heavy (non-hydrogen) atoms. The van der Waals surface area contributed by atoms with E-state index in [4.69, 9.17) is 0 Å². The summed E-state index contributed by atoms with van der Waals surface area (Å²) in [5.41, 5.74) is 10.5. The first kappa shape index (κ1) is 29.0. The van der Waals surface area contributed by atoms with E-state index in [0.717, 1.165) is 71.7 Å². The number of fused-ring (bicyclic) bond motifs is 6. The second kappa shape index (κ2) is 11.5. The third kappa shape index (κ3) is 4.30. The maximum atomic E-state index is 10.8. The fourth-order valence-electron chi connectivity index (χ4n) is 7.89. The van der Waals surface area contributed by atoms with Crippen LogP contribution in [0.25, 0.3) is 60.6 Å². The van der Waals surface area contributed by atoms with Gasteiger partial charge in [-0.25, -0.2) is 0 Å². The minimum atomic E-state index is -0.0892. The Kier molecular flexibility index (Phi) is 6.70. The van der Waals surface area contributed by atoms with Crippen LogP contribution in [-0.2, 0) is 0 Å². The largest absolute Gasteiger partial charge is 0.309 e. The summed E-state index contributed by atoms with van der Waals surface area (Å²) in [6, 6.07) is 50.0. The summed E-state index contributed by atoms with van der Waals surface area (Å²) in [6.07, 6.45) is 6.93. The number of hydrogen-bond acceptors (Lipinski definition) is 3. The summed E-state index contributed by atoms with van der Waals surface area (Å²) in [5, 5.41) is 35.2. The van der Waals surface area contributed by atoms with Gasteiger partial charge in [-0.2, -0.15) is 15.8 Å². The van der Waals surface area contributed by atoms with Gasteiger partial charge in [0.2, 0.25) is 0 Å². The molecule has 0 bridgehead atoms. The van der Waals surface area contributed by atoms with Crippen molar-refractivity contribution in [2.45, 2.75) is 12.3 Å². The van der Waals surface area contributed by atoms with Gasteiger partial charge in [-0.3, -0.25) is 0 Å². The molecule has 9 rings (SSSR count). The Morgan fingerprint density at radius 3 is 1.80 bits per heavy atom. The zero-order chi connectivity index (χ0) is 33.8. The molecule has 5 nitrogen and oxygen atoms in total. The molecule has 5 heteroatoms. The summed E-state index contributed by atoms with van der Waals surface area (Å²) < 4.78 is 4.42. The molecule has 0 saturated heterocycles. The summed E-state index contributed by atoms with van der Waals surface area (Å²) >= 11 is 0. The molecule has 6 aromatic carbocycles. The predicted octanol–water partition coefficient (Wildman–Crippen LogP) is 10.6. The van der Waals surface area contributed by atoms with Gasteiger partial charge >= 0.3 is 0 Å². The van der Waals surface area contributed by atoms with Crippen LogP contribution in [0.15, 0.2) is 146 Å². The zero-order valence-electron chi connectivity index (χ0n) is 26.9. The first-order chi connectivity index (χ1) is 24.7. The molecular weight excluding hydrogens is 611 g/mol. The van der Waals surface area contributed by atoms with Crippen molar-refractivity contribution in [3.8, 4) is 29.6 Å². The van der Waals surface area contributed by atoms with E-state index in [1.807, 2.05) is 66.7 Å². The number of hydrogen-bond donors (Lipinski definition) is 0. The van der Waals surface area contributed by atoms with Gasteiger partial charge in [-0.1, -0.05) is 91.0 Å². The van der Waals surface area contributed by atoms with Crippen LogP contribution < -0.4 is 0 Å². The molecule has 2 aromatic heterocycles. The van der Waals surface area contributed by atoms with Crippen molar-refractivity contribution in [2.24, 2.45) is 0 Å². The number of allylic oxidation sites excluding steroid dienone is 4. The van der Waals surface area contributed by atoms with Crippen LogP contribution in [0, 0.1) is 34.0 Å². The molecule has 1 aliphatic carbocycles. The lowest BCUT2D eigenvalue weighted by atomic mass is 9.82. The topological polar surface area (TPSA) is 81.2 Å². The normalized spacial score (nSPS) is 14.1. The average Bonchev–Trinajstić information content (AvgIpc) is 3.69. The van der Waals surface area contributed by atoms with Crippen LogP contribution >= 0.6 is 0 Å². The van der Waals surface area contributed by atoms with E-state index in [9.17, 15) is 15.8 Å². The molecule has 1 aliphatic rings. The Morgan fingerprint density at radius 1 is 0.540 bits per heavy atom. The third-order valence-electron chi connectivity index (χ3n) is 10.0. The minimum absolute atomic E-state index is 0.0892. The van der Waals surface area contributed by atoms with Crippen molar-refractivity contribution in [1.29, 1.82) is 15.8 Å². The highest BCUT2D eigenvalue weighted by atomic mass is 15.0. The lowest BCUT2D eigenvalue weighted by Gasteiger charge is -2.24. The number of aromatic nitrogens is 2. The molecule has 0 radical (unpaired) electrons. The monoisotopic (exact) mass is 637 g/mol. The molecule has 8 aromatic rings. The summed E-state index contributed by atoms with van der Waals surface area (Å²) in [4.78, 5) is 0. The Morgan fingerprint density at radius 2 is 1.14 bits per heavy atom. The number of rotatable bonds is 4. The number of para-hydroxylation sites is 3. The second-order valence-corrected chi connectivity index (χ2v) is 12.6. The SMILES string of the molecule is N#Cc1ccc2c(c1)c1ccccc1n2-c1cccc(C#N)c1C1=CC=CC(c2cccc(-n3c4ccccc4c4ccccc43)c2C#N)C1. The first-order valence-electron chi connectivity index (χ1n) is 16.6. The quantitative estimate of drug-likeness (QED) is 0.193. The van der Waals surface area contributed by atoms with E-state index in [1.165, 1.54) is 0 Å². The van der Waals surface area contributed by atoms with Crippen LogP contribution in [0.5, 0.6) is 0 Å². The highest BCUT2D eigenvalue weighted by Gasteiger charge is 2.25. The van der Waals surface area contributed by atoms with E-state index in [0.29, 0.717) is 23.1 Å². The van der Waals surface area contributed by atoms with Gasteiger partial charge in [0.15, 0.2) is 0 Å². The second-order valence-electron chi connectivity index (χ2n) is 12.6. The van der Waals surface area contributed by atoms with Gasteiger partial charge in [-0.05, 0) is 72.2 Å². The lowest BCUT2D eigenvalue weighted by Crippen LogP contribution is -2.09. The number of benzene rings is 6. The smallest absolute Gasteiger partial charge is 0.102 e. The van der Waals surface area contributed by atoms with Crippen molar-refractivity contribution in [3.63, 3.8) is 0 Å². The summed E-state index contributed by atoms with van der Waals surface area (Å²) in [5.74, 6) is -0.0892. The molecule has 2 heterocycles. The summed E-state index contributed by atoms with van der Waals surface area (Å²) in [6.45, 7) is 0.